The number of ether oxygens (including phenoxy) is 2. The summed E-state index contributed by atoms with van der Waals surface area (Å²) in [5.41, 5.74) is -0.333. The molecule has 144 valence electrons. The van der Waals surface area contributed by atoms with E-state index in [2.05, 4.69) is 5.32 Å². The summed E-state index contributed by atoms with van der Waals surface area (Å²) in [4.78, 5) is 34.6. The summed E-state index contributed by atoms with van der Waals surface area (Å²) in [6.07, 6.45) is 0. The summed E-state index contributed by atoms with van der Waals surface area (Å²) in [5, 5.41) is 2.88. The fraction of sp³-hybridized carbons (Fsp3) is 0.105. The highest BCUT2D eigenvalue weighted by molar-refractivity contribution is 5.92. The van der Waals surface area contributed by atoms with Crippen LogP contribution in [0.2, 0.25) is 0 Å². The maximum Gasteiger partial charge on any atom is 0.344 e. The van der Waals surface area contributed by atoms with Crippen LogP contribution in [0.1, 0.15) is 0 Å². The molecule has 0 fully saturated rings. The van der Waals surface area contributed by atoms with E-state index in [1.54, 1.807) is 18.2 Å². The second kappa shape index (κ2) is 8.30. The van der Waals surface area contributed by atoms with Crippen LogP contribution in [0.15, 0.2) is 57.7 Å². The van der Waals surface area contributed by atoms with Crippen LogP contribution in [0, 0.1) is 11.6 Å². The molecule has 3 rings (SSSR count). The Morgan fingerprint density at radius 1 is 0.964 bits per heavy atom. The van der Waals surface area contributed by atoms with Crippen molar-refractivity contribution in [3.8, 4) is 5.75 Å². The van der Waals surface area contributed by atoms with E-state index in [-0.39, 0.29) is 11.4 Å². The zero-order valence-electron chi connectivity index (χ0n) is 14.2. The van der Waals surface area contributed by atoms with Gasteiger partial charge in [-0.3, -0.25) is 4.79 Å². The van der Waals surface area contributed by atoms with Gasteiger partial charge in [0, 0.05) is 29.3 Å². The number of carbonyl (C=O) groups excluding carboxylic acids is 2. The molecular weight excluding hydrogens is 376 g/mol. The number of carbonyl (C=O) groups is 2. The van der Waals surface area contributed by atoms with Gasteiger partial charge in [-0.25, -0.2) is 18.4 Å². The molecule has 0 aliphatic carbocycles. The Bertz CT molecular complexity index is 1070. The Kier molecular flexibility index (Phi) is 5.64. The number of anilines is 1. The van der Waals surface area contributed by atoms with Gasteiger partial charge in [-0.1, -0.05) is 0 Å². The smallest absolute Gasteiger partial charge is 0.344 e. The Balaban J connectivity index is 1.49. The summed E-state index contributed by atoms with van der Waals surface area (Å²) >= 11 is 0. The van der Waals surface area contributed by atoms with Crippen molar-refractivity contribution in [3.63, 3.8) is 0 Å². The first-order valence-electron chi connectivity index (χ1n) is 7.97. The highest BCUT2D eigenvalue weighted by Gasteiger charge is 2.10. The van der Waals surface area contributed by atoms with Gasteiger partial charge < -0.3 is 19.2 Å². The molecule has 28 heavy (non-hydrogen) atoms. The minimum Gasteiger partial charge on any atom is -0.482 e. The summed E-state index contributed by atoms with van der Waals surface area (Å²) in [6, 6.07) is 10.0. The van der Waals surface area contributed by atoms with Gasteiger partial charge >= 0.3 is 11.6 Å². The van der Waals surface area contributed by atoms with E-state index in [0.717, 1.165) is 12.1 Å². The Morgan fingerprint density at radius 2 is 1.68 bits per heavy atom. The summed E-state index contributed by atoms with van der Waals surface area (Å²) in [5.74, 6) is -3.06. The van der Waals surface area contributed by atoms with E-state index in [4.69, 9.17) is 13.9 Å². The first kappa shape index (κ1) is 19.0. The number of hydrogen-bond donors (Lipinski definition) is 1. The van der Waals surface area contributed by atoms with Crippen LogP contribution in [0.5, 0.6) is 5.75 Å². The molecule has 1 amide bonds. The van der Waals surface area contributed by atoms with Crippen LogP contribution < -0.4 is 15.7 Å². The molecule has 1 N–H and O–H groups in total. The molecule has 0 spiro atoms. The lowest BCUT2D eigenvalue weighted by atomic mass is 10.2. The predicted molar refractivity (Wildman–Crippen MR) is 93.9 cm³/mol. The third kappa shape index (κ3) is 5.13. The van der Waals surface area contributed by atoms with Gasteiger partial charge in [-0.15, -0.1) is 0 Å². The molecule has 0 saturated heterocycles. The molecule has 7 nitrogen and oxygen atoms in total. The molecule has 0 saturated carbocycles. The number of esters is 1. The minimum absolute atomic E-state index is 0.104. The van der Waals surface area contributed by atoms with Crippen molar-refractivity contribution >= 4 is 28.5 Å². The van der Waals surface area contributed by atoms with Crippen molar-refractivity contribution in [1.82, 2.24) is 0 Å². The highest BCUT2D eigenvalue weighted by Crippen LogP contribution is 2.19. The number of rotatable bonds is 6. The van der Waals surface area contributed by atoms with Crippen molar-refractivity contribution < 1.29 is 32.3 Å². The van der Waals surface area contributed by atoms with Crippen LogP contribution >= 0.6 is 0 Å². The van der Waals surface area contributed by atoms with Crippen LogP contribution in [0.4, 0.5) is 14.5 Å². The maximum absolute atomic E-state index is 13.1. The van der Waals surface area contributed by atoms with Gasteiger partial charge in [0.15, 0.2) is 13.2 Å². The molecule has 1 heterocycles. The Labute approximate surface area is 156 Å². The number of hydrogen-bond acceptors (Lipinski definition) is 6. The number of halogens is 2. The van der Waals surface area contributed by atoms with Crippen LogP contribution in [0.3, 0.4) is 0 Å². The van der Waals surface area contributed by atoms with Crippen molar-refractivity contribution in [3.05, 3.63) is 70.6 Å². The maximum atomic E-state index is 13.1. The van der Waals surface area contributed by atoms with Gasteiger partial charge in [-0.2, -0.15) is 0 Å². The number of fused-ring (bicyclic) bond motifs is 1. The van der Waals surface area contributed by atoms with Gasteiger partial charge in [0.05, 0.1) is 0 Å². The van der Waals surface area contributed by atoms with E-state index in [9.17, 15) is 23.2 Å². The Morgan fingerprint density at radius 3 is 2.43 bits per heavy atom. The lowest BCUT2D eigenvalue weighted by Crippen LogP contribution is -2.23. The number of nitrogens with one attached hydrogen (secondary N) is 1. The van der Waals surface area contributed by atoms with Crippen molar-refractivity contribution in [2.75, 3.05) is 18.5 Å². The van der Waals surface area contributed by atoms with Crippen molar-refractivity contribution in [2.24, 2.45) is 0 Å². The zero-order valence-corrected chi connectivity index (χ0v) is 14.2. The van der Waals surface area contributed by atoms with Crippen molar-refractivity contribution in [1.29, 1.82) is 0 Å². The second-order valence-electron chi connectivity index (χ2n) is 5.61. The number of benzene rings is 2. The largest absolute Gasteiger partial charge is 0.482 e. The quantitative estimate of drug-likeness (QED) is 0.515. The lowest BCUT2D eigenvalue weighted by molar-refractivity contribution is -0.149. The fourth-order valence-corrected chi connectivity index (χ4v) is 2.28. The summed E-state index contributed by atoms with van der Waals surface area (Å²) in [7, 11) is 0. The SMILES string of the molecule is O=C(COC(=O)COc1ccc2ccc(=O)oc2c1)Nc1cc(F)cc(F)c1. The van der Waals surface area contributed by atoms with E-state index >= 15 is 0 Å². The van der Waals surface area contributed by atoms with Gasteiger partial charge in [0.1, 0.15) is 23.0 Å². The standard InChI is InChI=1S/C19H13F2NO6/c20-12-5-13(21)7-14(6-12)22-17(23)9-27-19(25)10-26-15-3-1-11-2-4-18(24)28-16(11)8-15/h1-8H,9-10H2,(H,22,23). The first-order valence-corrected chi connectivity index (χ1v) is 7.97. The number of amides is 1. The average molecular weight is 389 g/mol. The van der Waals surface area contributed by atoms with Crippen LogP contribution in [0.25, 0.3) is 11.0 Å². The van der Waals surface area contributed by atoms with Crippen LogP contribution in [-0.4, -0.2) is 25.1 Å². The molecule has 3 aromatic rings. The third-order valence-electron chi connectivity index (χ3n) is 3.46. The highest BCUT2D eigenvalue weighted by atomic mass is 19.1. The molecule has 2 aromatic carbocycles. The normalized spacial score (nSPS) is 10.5. The summed E-state index contributed by atoms with van der Waals surface area (Å²) < 4.78 is 41.1. The minimum atomic E-state index is -0.855. The average Bonchev–Trinajstić information content (AvgIpc) is 2.63. The Hall–Kier alpha value is -3.75. The monoisotopic (exact) mass is 389 g/mol. The van der Waals surface area contributed by atoms with Gasteiger partial charge in [0.2, 0.25) is 0 Å². The second-order valence-corrected chi connectivity index (χ2v) is 5.61. The molecule has 0 unspecified atom stereocenters. The molecule has 0 aliphatic rings. The topological polar surface area (TPSA) is 94.8 Å². The predicted octanol–water partition coefficient (Wildman–Crippen LogP) is 2.63. The first-order chi connectivity index (χ1) is 13.4. The van der Waals surface area contributed by atoms with Crippen molar-refractivity contribution in [2.45, 2.75) is 0 Å². The molecule has 0 radical (unpaired) electrons. The molecular formula is C19H13F2NO6. The molecule has 0 bridgehead atoms. The molecule has 0 atom stereocenters. The molecule has 0 aliphatic heterocycles. The zero-order chi connectivity index (χ0) is 20.1. The van der Waals surface area contributed by atoms with E-state index in [1.807, 2.05) is 0 Å². The van der Waals surface area contributed by atoms with Gasteiger partial charge in [-0.05, 0) is 30.3 Å². The van der Waals surface area contributed by atoms with E-state index < -0.39 is 42.4 Å². The third-order valence-corrected chi connectivity index (χ3v) is 3.46. The fourth-order valence-electron chi connectivity index (χ4n) is 2.28. The summed E-state index contributed by atoms with van der Waals surface area (Å²) in [6.45, 7) is -1.16. The van der Waals surface area contributed by atoms with Gasteiger partial charge in [0.25, 0.3) is 5.91 Å². The molecule has 1 aromatic heterocycles. The lowest BCUT2D eigenvalue weighted by Gasteiger charge is -2.08. The molecule has 9 heteroatoms. The van der Waals surface area contributed by atoms with Crippen LogP contribution in [-0.2, 0) is 14.3 Å². The van der Waals surface area contributed by atoms with E-state index in [0.29, 0.717) is 17.0 Å². The van der Waals surface area contributed by atoms with E-state index in [1.165, 1.54) is 12.1 Å².